The van der Waals surface area contributed by atoms with Crippen molar-refractivity contribution < 1.29 is 14.9 Å². The smallest absolute Gasteiger partial charge is 0.201 e. The zero-order valence-electron chi connectivity index (χ0n) is 11.8. The third-order valence-electron chi connectivity index (χ3n) is 3.50. The first-order valence-electron chi connectivity index (χ1n) is 6.65. The number of unbranched alkanes of at least 4 members (excludes halogenated alkanes) is 3. The van der Waals surface area contributed by atoms with Gasteiger partial charge in [-0.3, -0.25) is 0 Å². The molecule has 3 heteroatoms. The summed E-state index contributed by atoms with van der Waals surface area (Å²) in [4.78, 5) is 0. The van der Waals surface area contributed by atoms with Crippen LogP contribution >= 0.6 is 0 Å². The quantitative estimate of drug-likeness (QED) is 0.594. The van der Waals surface area contributed by atoms with Crippen molar-refractivity contribution in [1.29, 1.82) is 0 Å². The molecule has 0 spiro atoms. The lowest BCUT2D eigenvalue weighted by Crippen LogP contribution is -2.01. The SMILES string of the molecule is CCCCCCOc1c(C)c(C)c(C)c(O)c1O. The molecule has 1 rings (SSSR count). The molecule has 0 aliphatic rings. The van der Waals surface area contributed by atoms with Crippen LogP contribution in [0, 0.1) is 20.8 Å². The molecule has 1 aromatic rings. The van der Waals surface area contributed by atoms with Crippen LogP contribution in [0.1, 0.15) is 49.3 Å². The molecule has 0 radical (unpaired) electrons. The van der Waals surface area contributed by atoms with Crippen LogP contribution in [0.3, 0.4) is 0 Å². The molecule has 0 saturated carbocycles. The molecule has 0 unspecified atom stereocenters. The van der Waals surface area contributed by atoms with Gasteiger partial charge in [-0.25, -0.2) is 0 Å². The van der Waals surface area contributed by atoms with Gasteiger partial charge in [0, 0.05) is 0 Å². The van der Waals surface area contributed by atoms with E-state index in [0.29, 0.717) is 17.9 Å². The van der Waals surface area contributed by atoms with E-state index in [0.717, 1.165) is 24.0 Å². The Balaban J connectivity index is 2.77. The molecular weight excluding hydrogens is 228 g/mol. The molecule has 0 bridgehead atoms. The van der Waals surface area contributed by atoms with E-state index in [2.05, 4.69) is 6.92 Å². The zero-order valence-corrected chi connectivity index (χ0v) is 11.8. The Hall–Kier alpha value is -1.38. The van der Waals surface area contributed by atoms with Gasteiger partial charge in [-0.1, -0.05) is 26.2 Å². The topological polar surface area (TPSA) is 49.7 Å². The van der Waals surface area contributed by atoms with E-state index in [1.807, 2.05) is 13.8 Å². The molecule has 0 fully saturated rings. The second kappa shape index (κ2) is 6.53. The lowest BCUT2D eigenvalue weighted by molar-refractivity contribution is 0.281. The maximum Gasteiger partial charge on any atom is 0.201 e. The van der Waals surface area contributed by atoms with Crippen molar-refractivity contribution in [2.75, 3.05) is 6.61 Å². The Kier molecular flexibility index (Phi) is 5.32. The van der Waals surface area contributed by atoms with Gasteiger partial charge in [0.2, 0.25) is 5.75 Å². The molecule has 0 heterocycles. The van der Waals surface area contributed by atoms with Crippen LogP contribution in [-0.4, -0.2) is 16.8 Å². The van der Waals surface area contributed by atoms with E-state index in [1.165, 1.54) is 12.8 Å². The Morgan fingerprint density at radius 3 is 2.11 bits per heavy atom. The lowest BCUT2D eigenvalue weighted by atomic mass is 10.0. The fraction of sp³-hybridized carbons (Fsp3) is 0.600. The minimum absolute atomic E-state index is 0.0679. The molecule has 0 saturated heterocycles. The second-order valence-electron chi connectivity index (χ2n) is 4.81. The Labute approximate surface area is 109 Å². The van der Waals surface area contributed by atoms with Gasteiger partial charge in [0.05, 0.1) is 6.61 Å². The minimum Gasteiger partial charge on any atom is -0.504 e. The van der Waals surface area contributed by atoms with Gasteiger partial charge in [0.25, 0.3) is 0 Å². The molecule has 102 valence electrons. The van der Waals surface area contributed by atoms with E-state index >= 15 is 0 Å². The summed E-state index contributed by atoms with van der Waals surface area (Å²) < 4.78 is 5.62. The number of ether oxygens (including phenoxy) is 1. The number of benzene rings is 1. The van der Waals surface area contributed by atoms with Gasteiger partial charge in [0.15, 0.2) is 11.5 Å². The Bertz CT molecular complexity index is 382. The van der Waals surface area contributed by atoms with Crippen molar-refractivity contribution in [1.82, 2.24) is 0 Å². The van der Waals surface area contributed by atoms with Gasteiger partial charge >= 0.3 is 0 Å². The number of hydrogen-bond acceptors (Lipinski definition) is 3. The molecule has 0 aromatic heterocycles. The van der Waals surface area contributed by atoms with Crippen LogP contribution in [0.5, 0.6) is 17.2 Å². The first kappa shape index (κ1) is 14.7. The molecule has 1 aromatic carbocycles. The molecule has 0 amide bonds. The Morgan fingerprint density at radius 1 is 0.833 bits per heavy atom. The summed E-state index contributed by atoms with van der Waals surface area (Å²) in [6.45, 7) is 8.37. The highest BCUT2D eigenvalue weighted by Gasteiger charge is 2.17. The largest absolute Gasteiger partial charge is 0.504 e. The fourth-order valence-corrected chi connectivity index (χ4v) is 1.97. The third-order valence-corrected chi connectivity index (χ3v) is 3.50. The van der Waals surface area contributed by atoms with Crippen molar-refractivity contribution in [3.63, 3.8) is 0 Å². The average molecular weight is 252 g/mol. The van der Waals surface area contributed by atoms with Crippen LogP contribution in [-0.2, 0) is 0 Å². The second-order valence-corrected chi connectivity index (χ2v) is 4.81. The molecule has 0 atom stereocenters. The highest BCUT2D eigenvalue weighted by atomic mass is 16.5. The highest BCUT2D eigenvalue weighted by Crippen LogP contribution is 2.43. The van der Waals surface area contributed by atoms with Crippen molar-refractivity contribution in [3.8, 4) is 17.2 Å². The minimum atomic E-state index is -0.133. The van der Waals surface area contributed by atoms with Crippen LogP contribution < -0.4 is 4.74 Å². The number of phenols is 2. The van der Waals surface area contributed by atoms with Crippen molar-refractivity contribution in [3.05, 3.63) is 16.7 Å². The van der Waals surface area contributed by atoms with Gasteiger partial charge in [-0.15, -0.1) is 0 Å². The van der Waals surface area contributed by atoms with Gasteiger partial charge in [0.1, 0.15) is 0 Å². The number of rotatable bonds is 6. The normalized spacial score (nSPS) is 10.7. The van der Waals surface area contributed by atoms with Gasteiger partial charge < -0.3 is 14.9 Å². The predicted molar refractivity (Wildman–Crippen MR) is 73.6 cm³/mol. The Morgan fingerprint density at radius 2 is 1.50 bits per heavy atom. The first-order valence-corrected chi connectivity index (χ1v) is 6.65. The van der Waals surface area contributed by atoms with E-state index in [1.54, 1.807) is 6.92 Å². The molecule has 0 aliphatic heterocycles. The summed E-state index contributed by atoms with van der Waals surface area (Å²) in [6.07, 6.45) is 4.49. The van der Waals surface area contributed by atoms with Crippen molar-refractivity contribution in [2.45, 2.75) is 53.4 Å². The summed E-state index contributed by atoms with van der Waals surface area (Å²) in [5.74, 6) is 0.222. The van der Waals surface area contributed by atoms with Crippen LogP contribution in [0.2, 0.25) is 0 Å². The highest BCUT2D eigenvalue weighted by molar-refractivity contribution is 5.61. The van der Waals surface area contributed by atoms with E-state index in [4.69, 9.17) is 4.74 Å². The maximum absolute atomic E-state index is 9.91. The van der Waals surface area contributed by atoms with E-state index in [9.17, 15) is 10.2 Å². The van der Waals surface area contributed by atoms with Gasteiger partial charge in [-0.05, 0) is 43.9 Å². The average Bonchev–Trinajstić information content (AvgIpc) is 2.37. The maximum atomic E-state index is 9.91. The lowest BCUT2D eigenvalue weighted by Gasteiger charge is -2.16. The van der Waals surface area contributed by atoms with Crippen LogP contribution in [0.4, 0.5) is 0 Å². The standard InChI is InChI=1S/C15H24O3/c1-5-6-7-8-9-18-15-12(4)10(2)11(3)13(16)14(15)17/h16-17H,5-9H2,1-4H3. The molecule has 18 heavy (non-hydrogen) atoms. The number of phenolic OH excluding ortho intramolecular Hbond substituents is 2. The predicted octanol–water partition coefficient (Wildman–Crippen LogP) is 3.98. The summed E-state index contributed by atoms with van der Waals surface area (Å²) in [6, 6.07) is 0. The summed E-state index contributed by atoms with van der Waals surface area (Å²) >= 11 is 0. The van der Waals surface area contributed by atoms with Crippen molar-refractivity contribution in [2.24, 2.45) is 0 Å². The summed E-state index contributed by atoms with van der Waals surface area (Å²) in [5, 5.41) is 19.7. The number of hydrogen-bond donors (Lipinski definition) is 2. The van der Waals surface area contributed by atoms with Gasteiger partial charge in [-0.2, -0.15) is 0 Å². The van der Waals surface area contributed by atoms with E-state index < -0.39 is 0 Å². The number of aromatic hydroxyl groups is 2. The van der Waals surface area contributed by atoms with E-state index in [-0.39, 0.29) is 11.5 Å². The third kappa shape index (κ3) is 3.09. The van der Waals surface area contributed by atoms with Crippen molar-refractivity contribution >= 4 is 0 Å². The monoisotopic (exact) mass is 252 g/mol. The fourth-order valence-electron chi connectivity index (χ4n) is 1.97. The molecule has 0 aliphatic carbocycles. The van der Waals surface area contributed by atoms with Crippen LogP contribution in [0.25, 0.3) is 0 Å². The zero-order chi connectivity index (χ0) is 13.7. The van der Waals surface area contributed by atoms with Crippen LogP contribution in [0.15, 0.2) is 0 Å². The molecular formula is C15H24O3. The summed E-state index contributed by atoms with van der Waals surface area (Å²) in [7, 11) is 0. The molecule has 3 nitrogen and oxygen atoms in total. The summed E-state index contributed by atoms with van der Waals surface area (Å²) in [5.41, 5.74) is 2.58. The molecule has 2 N–H and O–H groups in total. The first-order chi connectivity index (χ1) is 8.50.